The highest BCUT2D eigenvalue weighted by atomic mass is 35.5. The number of aromatic nitrogens is 1. The molecular formula is C22H23ClN4O5S. The Balaban J connectivity index is 1.50. The highest BCUT2D eigenvalue weighted by molar-refractivity contribution is 7.22. The Morgan fingerprint density at radius 1 is 1.24 bits per heavy atom. The molecule has 1 saturated heterocycles. The summed E-state index contributed by atoms with van der Waals surface area (Å²) in [4.78, 5) is 31.7. The number of amides is 3. The predicted molar refractivity (Wildman–Crippen MR) is 128 cm³/mol. The van der Waals surface area contributed by atoms with Crippen molar-refractivity contribution in [2.75, 3.05) is 50.2 Å². The van der Waals surface area contributed by atoms with Gasteiger partial charge < -0.3 is 19.1 Å². The fourth-order valence-electron chi connectivity index (χ4n) is 3.42. The lowest BCUT2D eigenvalue weighted by molar-refractivity contribution is 0.0967. The Morgan fingerprint density at radius 3 is 2.76 bits per heavy atom. The highest BCUT2D eigenvalue weighted by Crippen LogP contribution is 2.35. The summed E-state index contributed by atoms with van der Waals surface area (Å²) >= 11 is 7.63. The molecule has 33 heavy (non-hydrogen) atoms. The van der Waals surface area contributed by atoms with Crippen LogP contribution in [-0.4, -0.2) is 56.9 Å². The van der Waals surface area contributed by atoms with E-state index in [2.05, 4.69) is 20.5 Å². The van der Waals surface area contributed by atoms with E-state index in [0.29, 0.717) is 55.1 Å². The normalized spacial score (nSPS) is 13.6. The first-order valence-corrected chi connectivity index (χ1v) is 11.5. The number of carbonyl (C=O) groups is 2. The fraction of sp³-hybridized carbons (Fsp3) is 0.318. The second-order valence-corrected chi connectivity index (χ2v) is 8.53. The maximum Gasteiger partial charge on any atom is 0.327 e. The number of halogens is 1. The number of nitrogens with zero attached hydrogens (tertiary/aromatic N) is 2. The zero-order valence-corrected chi connectivity index (χ0v) is 19.7. The average molecular weight is 491 g/mol. The summed E-state index contributed by atoms with van der Waals surface area (Å²) in [6.45, 7) is 4.80. The van der Waals surface area contributed by atoms with E-state index in [0.717, 1.165) is 10.4 Å². The molecule has 3 amide bonds. The minimum absolute atomic E-state index is 0.172. The third-order valence-electron chi connectivity index (χ3n) is 4.99. The Hall–Kier alpha value is -3.08. The Bertz CT molecular complexity index is 1180. The van der Waals surface area contributed by atoms with Gasteiger partial charge in [0.2, 0.25) is 0 Å². The lowest BCUT2D eigenvalue weighted by atomic mass is 10.1. The van der Waals surface area contributed by atoms with Gasteiger partial charge in [0.05, 0.1) is 53.4 Å². The maximum atomic E-state index is 12.9. The van der Waals surface area contributed by atoms with Crippen molar-refractivity contribution in [1.29, 1.82) is 0 Å². The number of methoxy groups -OCH3 is 1. The van der Waals surface area contributed by atoms with E-state index in [-0.39, 0.29) is 10.6 Å². The molecule has 1 aliphatic rings. The highest BCUT2D eigenvalue weighted by Gasteiger charge is 2.22. The molecule has 4 rings (SSSR count). The molecule has 11 heteroatoms. The van der Waals surface area contributed by atoms with Crippen LogP contribution in [0.15, 0.2) is 30.3 Å². The molecule has 0 spiro atoms. The molecule has 1 fully saturated rings. The Labute approximate surface area is 199 Å². The number of benzene rings is 2. The smallest absolute Gasteiger partial charge is 0.327 e. The van der Waals surface area contributed by atoms with E-state index in [1.165, 1.54) is 11.3 Å². The summed E-state index contributed by atoms with van der Waals surface area (Å²) < 4.78 is 17.2. The van der Waals surface area contributed by atoms with Gasteiger partial charge in [0.15, 0.2) is 5.13 Å². The number of urea groups is 1. The standard InChI is InChI=1S/C22H23ClN4O5S/c1-3-32-18-12-15(23)14(11-17(18)27-6-8-31-9-7-27)20(28)25-21(29)26-22-24-16-5-4-13(30-2)10-19(16)33-22/h4-5,10-12H,3,6-9H2,1-2H3,(H2,24,25,26,28,29). The number of anilines is 2. The first-order chi connectivity index (χ1) is 16.0. The van der Waals surface area contributed by atoms with Crippen molar-refractivity contribution in [3.05, 3.63) is 40.9 Å². The molecule has 2 heterocycles. The van der Waals surface area contributed by atoms with Crippen LogP contribution >= 0.6 is 22.9 Å². The fourth-order valence-corrected chi connectivity index (χ4v) is 4.55. The van der Waals surface area contributed by atoms with Crippen LogP contribution in [0.4, 0.5) is 15.6 Å². The molecule has 0 unspecified atom stereocenters. The number of hydrogen-bond acceptors (Lipinski definition) is 8. The van der Waals surface area contributed by atoms with Crippen LogP contribution in [0.1, 0.15) is 17.3 Å². The number of fused-ring (bicyclic) bond motifs is 1. The number of carbonyl (C=O) groups excluding carboxylic acids is 2. The first-order valence-electron chi connectivity index (χ1n) is 10.3. The summed E-state index contributed by atoms with van der Waals surface area (Å²) in [5, 5.41) is 5.46. The molecule has 0 saturated carbocycles. The molecule has 3 aromatic rings. The molecule has 0 radical (unpaired) electrons. The summed E-state index contributed by atoms with van der Waals surface area (Å²) in [7, 11) is 1.58. The molecule has 1 aromatic heterocycles. The molecule has 2 N–H and O–H groups in total. The van der Waals surface area contributed by atoms with Gasteiger partial charge in [0.25, 0.3) is 5.91 Å². The van der Waals surface area contributed by atoms with Crippen molar-refractivity contribution >= 4 is 55.9 Å². The third-order valence-corrected chi connectivity index (χ3v) is 6.23. The molecule has 2 aromatic carbocycles. The van der Waals surface area contributed by atoms with E-state index in [4.69, 9.17) is 25.8 Å². The Morgan fingerprint density at radius 2 is 2.03 bits per heavy atom. The number of ether oxygens (including phenoxy) is 3. The van der Waals surface area contributed by atoms with Crippen LogP contribution in [0.25, 0.3) is 10.2 Å². The summed E-state index contributed by atoms with van der Waals surface area (Å²) in [5.41, 5.74) is 1.62. The van der Waals surface area contributed by atoms with E-state index in [1.54, 1.807) is 31.4 Å². The number of imide groups is 1. The molecule has 0 aliphatic carbocycles. The van der Waals surface area contributed by atoms with E-state index < -0.39 is 11.9 Å². The summed E-state index contributed by atoms with van der Waals surface area (Å²) in [6, 6.07) is 7.95. The molecular weight excluding hydrogens is 468 g/mol. The van der Waals surface area contributed by atoms with Gasteiger partial charge in [-0.15, -0.1) is 0 Å². The zero-order chi connectivity index (χ0) is 23.4. The van der Waals surface area contributed by atoms with Crippen molar-refractivity contribution in [1.82, 2.24) is 10.3 Å². The van der Waals surface area contributed by atoms with Gasteiger partial charge in [-0.25, -0.2) is 9.78 Å². The van der Waals surface area contributed by atoms with Gasteiger partial charge in [-0.1, -0.05) is 22.9 Å². The van der Waals surface area contributed by atoms with Crippen LogP contribution < -0.4 is 25.0 Å². The maximum absolute atomic E-state index is 12.9. The van der Waals surface area contributed by atoms with Crippen molar-refractivity contribution in [3.63, 3.8) is 0 Å². The second kappa shape index (κ2) is 10.2. The van der Waals surface area contributed by atoms with Gasteiger partial charge >= 0.3 is 6.03 Å². The number of nitrogens with one attached hydrogen (secondary N) is 2. The van der Waals surface area contributed by atoms with E-state index >= 15 is 0 Å². The monoisotopic (exact) mass is 490 g/mol. The summed E-state index contributed by atoms with van der Waals surface area (Å²) in [6.07, 6.45) is 0. The quantitative estimate of drug-likeness (QED) is 0.535. The molecule has 174 valence electrons. The average Bonchev–Trinajstić information content (AvgIpc) is 3.20. The van der Waals surface area contributed by atoms with Crippen molar-refractivity contribution in [3.8, 4) is 11.5 Å². The number of morpholine rings is 1. The van der Waals surface area contributed by atoms with Crippen molar-refractivity contribution in [2.45, 2.75) is 6.92 Å². The molecule has 0 atom stereocenters. The summed E-state index contributed by atoms with van der Waals surface area (Å²) in [5.74, 6) is 0.645. The van der Waals surface area contributed by atoms with E-state index in [1.807, 2.05) is 13.0 Å². The van der Waals surface area contributed by atoms with Crippen LogP contribution in [0.3, 0.4) is 0 Å². The predicted octanol–water partition coefficient (Wildman–Crippen LogP) is 4.16. The largest absolute Gasteiger partial charge is 0.497 e. The Kier molecular flexibility index (Phi) is 7.17. The van der Waals surface area contributed by atoms with Crippen LogP contribution in [0.5, 0.6) is 11.5 Å². The van der Waals surface area contributed by atoms with Gasteiger partial charge in [-0.3, -0.25) is 15.4 Å². The topological polar surface area (TPSA) is 102 Å². The van der Waals surface area contributed by atoms with Crippen LogP contribution in [0, 0.1) is 0 Å². The minimum atomic E-state index is -0.705. The lowest BCUT2D eigenvalue weighted by Crippen LogP contribution is -2.37. The lowest BCUT2D eigenvalue weighted by Gasteiger charge is -2.30. The molecule has 0 bridgehead atoms. The molecule has 9 nitrogen and oxygen atoms in total. The van der Waals surface area contributed by atoms with Gasteiger partial charge in [-0.2, -0.15) is 0 Å². The van der Waals surface area contributed by atoms with Gasteiger partial charge in [0, 0.05) is 19.2 Å². The molecule has 1 aliphatic heterocycles. The third kappa shape index (κ3) is 5.29. The van der Waals surface area contributed by atoms with Crippen molar-refractivity contribution in [2.24, 2.45) is 0 Å². The van der Waals surface area contributed by atoms with Gasteiger partial charge in [-0.05, 0) is 31.2 Å². The van der Waals surface area contributed by atoms with Gasteiger partial charge in [0.1, 0.15) is 11.5 Å². The van der Waals surface area contributed by atoms with Crippen molar-refractivity contribution < 1.29 is 23.8 Å². The van der Waals surface area contributed by atoms with E-state index in [9.17, 15) is 9.59 Å². The number of thiazole rings is 1. The SMILES string of the molecule is CCOc1cc(Cl)c(C(=O)NC(=O)Nc2nc3ccc(OC)cc3s2)cc1N1CCOCC1. The zero-order valence-electron chi connectivity index (χ0n) is 18.1. The number of hydrogen-bond donors (Lipinski definition) is 2. The van der Waals surface area contributed by atoms with Crippen LogP contribution in [0.2, 0.25) is 5.02 Å². The number of rotatable bonds is 6. The second-order valence-electron chi connectivity index (χ2n) is 7.09. The first kappa shape index (κ1) is 23.1. The minimum Gasteiger partial charge on any atom is -0.497 e. The van der Waals surface area contributed by atoms with Crippen LogP contribution in [-0.2, 0) is 4.74 Å².